The number of H-pyrrole nitrogens is 1. The molecule has 0 saturated carbocycles. The number of anilines is 1. The number of benzene rings is 1. The molecule has 6 heteroatoms. The molecule has 132 valence electrons. The summed E-state index contributed by atoms with van der Waals surface area (Å²) in [6, 6.07) is 10.3. The van der Waals surface area contributed by atoms with Crippen LogP contribution in [0, 0.1) is 11.8 Å². The Labute approximate surface area is 151 Å². The van der Waals surface area contributed by atoms with Gasteiger partial charge in [0, 0.05) is 36.5 Å². The van der Waals surface area contributed by atoms with Crippen molar-refractivity contribution >= 4 is 17.5 Å². The number of nitrogens with zero attached hydrogens (tertiary/aromatic N) is 1. The van der Waals surface area contributed by atoms with Gasteiger partial charge in [0.25, 0.3) is 5.91 Å². The van der Waals surface area contributed by atoms with Crippen LogP contribution in [0.4, 0.5) is 5.69 Å². The van der Waals surface area contributed by atoms with Crippen LogP contribution in [-0.4, -0.2) is 29.9 Å². The third-order valence-electron chi connectivity index (χ3n) is 4.12. The fraction of sp³-hybridized carbons (Fsp3) is 0.250. The number of carbonyl (C=O) groups excluding carboxylic acids is 2. The molecule has 1 aromatic heterocycles. The first-order valence-corrected chi connectivity index (χ1v) is 8.50. The quantitative estimate of drug-likeness (QED) is 0.827. The lowest BCUT2D eigenvalue weighted by molar-refractivity contribution is -0.119. The van der Waals surface area contributed by atoms with E-state index in [9.17, 15) is 14.4 Å². The largest absolute Gasteiger partial charge is 0.341 e. The molecule has 1 aromatic carbocycles. The van der Waals surface area contributed by atoms with E-state index >= 15 is 0 Å². The average Bonchev–Trinajstić information content (AvgIpc) is 2.67. The molecular formula is C20H19N3O3. The number of nitrogens with one attached hydrogen (secondary N) is 2. The maximum absolute atomic E-state index is 11.9. The smallest absolute Gasteiger partial charge is 0.253 e. The summed E-state index contributed by atoms with van der Waals surface area (Å²) in [6.45, 7) is 0.963. The van der Waals surface area contributed by atoms with E-state index in [2.05, 4.69) is 22.1 Å². The van der Waals surface area contributed by atoms with Gasteiger partial charge < -0.3 is 15.2 Å². The van der Waals surface area contributed by atoms with Gasteiger partial charge in [-0.05, 0) is 43.2 Å². The van der Waals surface area contributed by atoms with Gasteiger partial charge in [-0.25, -0.2) is 0 Å². The highest BCUT2D eigenvalue weighted by Crippen LogP contribution is 2.20. The highest BCUT2D eigenvalue weighted by molar-refractivity contribution is 5.94. The predicted molar refractivity (Wildman–Crippen MR) is 98.9 cm³/mol. The van der Waals surface area contributed by atoms with Gasteiger partial charge in [0.2, 0.25) is 11.5 Å². The number of aromatic amines is 1. The molecule has 1 saturated heterocycles. The summed E-state index contributed by atoms with van der Waals surface area (Å²) in [5.41, 5.74) is 1.83. The molecular weight excluding hydrogens is 330 g/mol. The van der Waals surface area contributed by atoms with Crippen LogP contribution in [0.15, 0.2) is 47.4 Å². The summed E-state index contributed by atoms with van der Waals surface area (Å²) >= 11 is 0. The molecule has 6 nitrogen and oxygen atoms in total. The van der Waals surface area contributed by atoms with Crippen molar-refractivity contribution in [2.75, 3.05) is 18.0 Å². The number of piperidine rings is 1. The number of amides is 2. The number of hydrogen-bond donors (Lipinski definition) is 2. The average molecular weight is 349 g/mol. The molecule has 0 unspecified atom stereocenters. The van der Waals surface area contributed by atoms with E-state index in [0.717, 1.165) is 30.6 Å². The van der Waals surface area contributed by atoms with Gasteiger partial charge in [0.15, 0.2) is 0 Å². The van der Waals surface area contributed by atoms with Crippen LogP contribution in [0.25, 0.3) is 0 Å². The molecule has 0 atom stereocenters. The Balaban J connectivity index is 1.55. The van der Waals surface area contributed by atoms with E-state index < -0.39 is 0 Å². The maximum Gasteiger partial charge on any atom is 0.253 e. The Kier molecular flexibility index (Phi) is 5.49. The van der Waals surface area contributed by atoms with Crippen molar-refractivity contribution < 1.29 is 9.59 Å². The van der Waals surface area contributed by atoms with Crippen LogP contribution in [0.2, 0.25) is 0 Å². The van der Waals surface area contributed by atoms with Crippen LogP contribution in [-0.2, 0) is 4.79 Å². The summed E-state index contributed by atoms with van der Waals surface area (Å²) in [4.78, 5) is 39.0. The van der Waals surface area contributed by atoms with Crippen molar-refractivity contribution in [2.24, 2.45) is 0 Å². The number of aromatic nitrogens is 1. The SMILES string of the molecule is O=C(NCC#Cc1ccc(N2CCCCC2=O)cc1)c1ccc(=O)[nH]c1. The normalized spacial score (nSPS) is 13.7. The predicted octanol–water partition coefficient (Wildman–Crippen LogP) is 1.67. The highest BCUT2D eigenvalue weighted by Gasteiger charge is 2.19. The van der Waals surface area contributed by atoms with Crippen LogP contribution < -0.4 is 15.8 Å². The van der Waals surface area contributed by atoms with Crippen molar-refractivity contribution in [1.82, 2.24) is 10.3 Å². The number of rotatable bonds is 3. The minimum Gasteiger partial charge on any atom is -0.341 e. The third-order valence-corrected chi connectivity index (χ3v) is 4.12. The summed E-state index contributed by atoms with van der Waals surface area (Å²) in [5.74, 6) is 5.73. The molecule has 1 aliphatic heterocycles. The van der Waals surface area contributed by atoms with Gasteiger partial charge in [0.05, 0.1) is 12.1 Å². The second-order valence-electron chi connectivity index (χ2n) is 5.98. The van der Waals surface area contributed by atoms with Crippen LogP contribution in [0.3, 0.4) is 0 Å². The number of carbonyl (C=O) groups is 2. The van der Waals surface area contributed by atoms with Gasteiger partial charge >= 0.3 is 0 Å². The lowest BCUT2D eigenvalue weighted by Crippen LogP contribution is -2.35. The molecule has 1 fully saturated rings. The Morgan fingerprint density at radius 3 is 2.62 bits per heavy atom. The lowest BCUT2D eigenvalue weighted by Gasteiger charge is -2.26. The van der Waals surface area contributed by atoms with Gasteiger partial charge in [-0.3, -0.25) is 14.4 Å². The van der Waals surface area contributed by atoms with Gasteiger partial charge in [0.1, 0.15) is 0 Å². The molecule has 1 aliphatic rings. The molecule has 3 rings (SSSR count). The van der Waals surface area contributed by atoms with E-state index in [1.165, 1.54) is 18.3 Å². The fourth-order valence-electron chi connectivity index (χ4n) is 2.73. The summed E-state index contributed by atoms with van der Waals surface area (Å²) < 4.78 is 0. The second kappa shape index (κ2) is 8.17. The fourth-order valence-corrected chi connectivity index (χ4v) is 2.73. The van der Waals surface area contributed by atoms with E-state index in [4.69, 9.17) is 0 Å². The first-order chi connectivity index (χ1) is 12.6. The van der Waals surface area contributed by atoms with E-state index in [-0.39, 0.29) is 23.9 Å². The summed E-state index contributed by atoms with van der Waals surface area (Å²) in [7, 11) is 0. The molecule has 2 amide bonds. The Morgan fingerprint density at radius 1 is 1.12 bits per heavy atom. The molecule has 2 heterocycles. The Bertz CT molecular complexity index is 899. The topological polar surface area (TPSA) is 82.3 Å². The lowest BCUT2D eigenvalue weighted by atomic mass is 10.1. The molecule has 26 heavy (non-hydrogen) atoms. The standard InChI is InChI=1S/C20H19N3O3/c24-18-11-8-16(14-22-18)20(26)21-12-3-4-15-6-9-17(10-7-15)23-13-2-1-5-19(23)25/h6-11,14H,1-2,5,12-13H2,(H,21,26)(H,22,24). The third kappa shape index (κ3) is 4.39. The van der Waals surface area contributed by atoms with Crippen LogP contribution >= 0.6 is 0 Å². The van der Waals surface area contributed by atoms with Crippen molar-refractivity contribution in [1.29, 1.82) is 0 Å². The minimum absolute atomic E-state index is 0.167. The van der Waals surface area contributed by atoms with Crippen molar-refractivity contribution in [3.05, 3.63) is 64.1 Å². The number of pyridine rings is 1. The summed E-state index contributed by atoms with van der Waals surface area (Å²) in [6.07, 6.45) is 3.97. The zero-order valence-electron chi connectivity index (χ0n) is 14.2. The second-order valence-corrected chi connectivity index (χ2v) is 5.98. The first kappa shape index (κ1) is 17.5. The first-order valence-electron chi connectivity index (χ1n) is 8.50. The molecule has 2 N–H and O–H groups in total. The summed E-state index contributed by atoms with van der Waals surface area (Å²) in [5, 5.41) is 2.67. The van der Waals surface area contributed by atoms with Crippen molar-refractivity contribution in [3.63, 3.8) is 0 Å². The molecule has 2 aromatic rings. The van der Waals surface area contributed by atoms with E-state index in [1.807, 2.05) is 29.2 Å². The van der Waals surface area contributed by atoms with Crippen molar-refractivity contribution in [3.8, 4) is 11.8 Å². The minimum atomic E-state index is -0.297. The van der Waals surface area contributed by atoms with Crippen LogP contribution in [0.1, 0.15) is 35.2 Å². The maximum atomic E-state index is 11.9. The zero-order chi connectivity index (χ0) is 18.4. The molecule has 0 radical (unpaired) electrons. The van der Waals surface area contributed by atoms with E-state index in [0.29, 0.717) is 12.0 Å². The van der Waals surface area contributed by atoms with Gasteiger partial charge in [-0.2, -0.15) is 0 Å². The molecule has 0 bridgehead atoms. The van der Waals surface area contributed by atoms with Gasteiger partial charge in [-0.15, -0.1) is 0 Å². The van der Waals surface area contributed by atoms with Crippen LogP contribution in [0.5, 0.6) is 0 Å². The Hall–Kier alpha value is -3.33. The van der Waals surface area contributed by atoms with Crippen molar-refractivity contribution in [2.45, 2.75) is 19.3 Å². The van der Waals surface area contributed by atoms with E-state index in [1.54, 1.807) is 0 Å². The van der Waals surface area contributed by atoms with Gasteiger partial charge in [-0.1, -0.05) is 11.8 Å². The monoisotopic (exact) mass is 349 g/mol. The highest BCUT2D eigenvalue weighted by atomic mass is 16.2. The molecule has 0 aliphatic carbocycles. The molecule has 0 spiro atoms. The zero-order valence-corrected chi connectivity index (χ0v) is 14.2. The Morgan fingerprint density at radius 2 is 1.92 bits per heavy atom. The number of hydrogen-bond acceptors (Lipinski definition) is 3.